The van der Waals surface area contributed by atoms with Gasteiger partial charge in [0.25, 0.3) is 5.56 Å². The summed E-state index contributed by atoms with van der Waals surface area (Å²) in [6, 6.07) is 14.1. The van der Waals surface area contributed by atoms with E-state index in [1.807, 2.05) is 24.3 Å². The zero-order valence-corrected chi connectivity index (χ0v) is 16.8. The van der Waals surface area contributed by atoms with Gasteiger partial charge < -0.3 is 4.98 Å². The minimum absolute atomic E-state index is 0.102. The molecule has 4 aromatic rings. The molecule has 1 aromatic carbocycles. The molecule has 0 unspecified atom stereocenters. The monoisotopic (exact) mass is 413 g/mol. The standard InChI is InChI=1S/C24H20FN5O/c25-20-4-2-1-3-18(20)21-6-5-16(13-27-21)14-30-12-9-22-19(15-30)24(31)29-23(28-22)17-7-10-26-11-8-17/h1-8,10-11,13H,9,12,14-15H2,(H,28,29,31). The third-order valence-electron chi connectivity index (χ3n) is 5.48. The van der Waals surface area contributed by atoms with Crippen LogP contribution >= 0.6 is 0 Å². The first-order chi connectivity index (χ1) is 15.2. The minimum atomic E-state index is -0.284. The number of nitrogens with zero attached hydrogens (tertiary/aromatic N) is 4. The van der Waals surface area contributed by atoms with Gasteiger partial charge in [-0.1, -0.05) is 18.2 Å². The molecule has 154 valence electrons. The summed E-state index contributed by atoms with van der Waals surface area (Å²) in [5.41, 5.74) is 4.41. The van der Waals surface area contributed by atoms with Crippen LogP contribution in [0.25, 0.3) is 22.6 Å². The topological polar surface area (TPSA) is 74.8 Å². The molecule has 4 heterocycles. The summed E-state index contributed by atoms with van der Waals surface area (Å²) in [6.45, 7) is 1.99. The van der Waals surface area contributed by atoms with E-state index in [1.165, 1.54) is 6.07 Å². The van der Waals surface area contributed by atoms with E-state index in [0.29, 0.717) is 42.2 Å². The van der Waals surface area contributed by atoms with Crippen molar-refractivity contribution in [3.63, 3.8) is 0 Å². The number of hydrogen-bond donors (Lipinski definition) is 1. The van der Waals surface area contributed by atoms with Crippen LogP contribution in [-0.4, -0.2) is 31.4 Å². The Bertz CT molecular complexity index is 1270. The van der Waals surface area contributed by atoms with Gasteiger partial charge in [0.2, 0.25) is 0 Å². The Hall–Kier alpha value is -3.71. The Labute approximate surface area is 178 Å². The van der Waals surface area contributed by atoms with E-state index in [2.05, 4.69) is 24.8 Å². The predicted molar refractivity (Wildman–Crippen MR) is 116 cm³/mol. The zero-order chi connectivity index (χ0) is 21.2. The number of aromatic nitrogens is 4. The molecule has 1 aliphatic heterocycles. The Kier molecular flexibility index (Phi) is 5.09. The summed E-state index contributed by atoms with van der Waals surface area (Å²) in [6.07, 6.45) is 5.84. The number of hydrogen-bond acceptors (Lipinski definition) is 5. The second-order valence-corrected chi connectivity index (χ2v) is 7.57. The number of rotatable bonds is 4. The Morgan fingerprint density at radius 1 is 1.06 bits per heavy atom. The summed E-state index contributed by atoms with van der Waals surface area (Å²) >= 11 is 0. The highest BCUT2D eigenvalue weighted by Crippen LogP contribution is 2.22. The fourth-order valence-electron chi connectivity index (χ4n) is 3.87. The molecule has 6 nitrogen and oxygen atoms in total. The molecule has 5 rings (SSSR count). The van der Waals surface area contributed by atoms with Crippen molar-refractivity contribution in [1.82, 2.24) is 24.8 Å². The highest BCUT2D eigenvalue weighted by molar-refractivity contribution is 5.59. The molecule has 0 saturated carbocycles. The number of H-pyrrole nitrogens is 1. The van der Waals surface area contributed by atoms with Crippen LogP contribution in [0, 0.1) is 5.82 Å². The summed E-state index contributed by atoms with van der Waals surface area (Å²) < 4.78 is 14.0. The van der Waals surface area contributed by atoms with Gasteiger partial charge in [-0.2, -0.15) is 0 Å². The van der Waals surface area contributed by atoms with Crippen LogP contribution in [0.1, 0.15) is 16.8 Å². The number of fused-ring (bicyclic) bond motifs is 1. The predicted octanol–water partition coefficient (Wildman–Crippen LogP) is 3.59. The van der Waals surface area contributed by atoms with Crippen molar-refractivity contribution >= 4 is 0 Å². The number of pyridine rings is 2. The molecule has 31 heavy (non-hydrogen) atoms. The molecule has 7 heteroatoms. The smallest absolute Gasteiger partial charge is 0.255 e. The number of halogens is 1. The Morgan fingerprint density at radius 2 is 1.90 bits per heavy atom. The second-order valence-electron chi connectivity index (χ2n) is 7.57. The third-order valence-corrected chi connectivity index (χ3v) is 5.48. The van der Waals surface area contributed by atoms with Gasteiger partial charge >= 0.3 is 0 Å². The van der Waals surface area contributed by atoms with Crippen LogP contribution in [0.5, 0.6) is 0 Å². The molecule has 1 aliphatic rings. The molecule has 0 aliphatic carbocycles. The fraction of sp³-hybridized carbons (Fsp3) is 0.167. The van der Waals surface area contributed by atoms with Gasteiger partial charge in [-0.25, -0.2) is 9.37 Å². The molecule has 0 amide bonds. The summed E-state index contributed by atoms with van der Waals surface area (Å²) in [5.74, 6) is 0.292. The van der Waals surface area contributed by atoms with E-state index >= 15 is 0 Å². The quantitative estimate of drug-likeness (QED) is 0.553. The van der Waals surface area contributed by atoms with Gasteiger partial charge in [-0.15, -0.1) is 0 Å². The van der Waals surface area contributed by atoms with Crippen LogP contribution in [-0.2, 0) is 19.5 Å². The van der Waals surface area contributed by atoms with E-state index in [9.17, 15) is 9.18 Å². The Balaban J connectivity index is 1.32. The van der Waals surface area contributed by atoms with Gasteiger partial charge in [0.15, 0.2) is 0 Å². The lowest BCUT2D eigenvalue weighted by Gasteiger charge is -2.27. The molecule has 0 atom stereocenters. The van der Waals surface area contributed by atoms with Crippen LogP contribution in [0.15, 0.2) is 71.9 Å². The van der Waals surface area contributed by atoms with Crippen molar-refractivity contribution in [2.45, 2.75) is 19.5 Å². The maximum Gasteiger partial charge on any atom is 0.255 e. The normalized spacial score (nSPS) is 13.7. The molecule has 1 N–H and O–H groups in total. The van der Waals surface area contributed by atoms with Crippen molar-refractivity contribution in [3.8, 4) is 22.6 Å². The SMILES string of the molecule is O=c1[nH]c(-c2ccncc2)nc2c1CN(Cc1ccc(-c3ccccc3F)nc1)CC2. The maximum atomic E-state index is 14.0. The lowest BCUT2D eigenvalue weighted by atomic mass is 10.1. The van der Waals surface area contributed by atoms with Gasteiger partial charge in [-0.05, 0) is 35.9 Å². The lowest BCUT2D eigenvalue weighted by molar-refractivity contribution is 0.241. The van der Waals surface area contributed by atoms with Crippen molar-refractivity contribution < 1.29 is 4.39 Å². The number of nitrogens with one attached hydrogen (secondary N) is 1. The van der Waals surface area contributed by atoms with Gasteiger partial charge in [0, 0.05) is 55.8 Å². The zero-order valence-electron chi connectivity index (χ0n) is 16.8. The molecule has 0 saturated heterocycles. The van der Waals surface area contributed by atoms with Gasteiger partial charge in [0.1, 0.15) is 11.6 Å². The van der Waals surface area contributed by atoms with E-state index in [0.717, 1.165) is 23.4 Å². The van der Waals surface area contributed by atoms with Crippen molar-refractivity contribution in [3.05, 3.63) is 100 Å². The first-order valence-corrected chi connectivity index (χ1v) is 10.1. The molecular formula is C24H20FN5O. The first kappa shape index (κ1) is 19.3. The fourth-order valence-corrected chi connectivity index (χ4v) is 3.87. The highest BCUT2D eigenvalue weighted by atomic mass is 19.1. The van der Waals surface area contributed by atoms with Gasteiger partial charge in [-0.3, -0.25) is 19.7 Å². The molecule has 3 aromatic heterocycles. The minimum Gasteiger partial charge on any atom is -0.306 e. The van der Waals surface area contributed by atoms with Gasteiger partial charge in [0.05, 0.1) is 17.0 Å². The summed E-state index contributed by atoms with van der Waals surface area (Å²) in [5, 5.41) is 0. The van der Waals surface area contributed by atoms with Crippen LogP contribution in [0.2, 0.25) is 0 Å². The maximum absolute atomic E-state index is 14.0. The second kappa shape index (κ2) is 8.20. The number of benzene rings is 1. The summed E-state index contributed by atoms with van der Waals surface area (Å²) in [4.78, 5) is 30.9. The average Bonchev–Trinajstić information content (AvgIpc) is 2.81. The van der Waals surface area contributed by atoms with E-state index in [-0.39, 0.29) is 11.4 Å². The van der Waals surface area contributed by atoms with Crippen LogP contribution in [0.4, 0.5) is 4.39 Å². The summed E-state index contributed by atoms with van der Waals surface area (Å²) in [7, 11) is 0. The number of aromatic amines is 1. The van der Waals surface area contributed by atoms with E-state index in [4.69, 9.17) is 0 Å². The molecule has 0 fully saturated rings. The van der Waals surface area contributed by atoms with Crippen LogP contribution in [0.3, 0.4) is 0 Å². The average molecular weight is 413 g/mol. The van der Waals surface area contributed by atoms with E-state index < -0.39 is 0 Å². The van der Waals surface area contributed by atoms with E-state index in [1.54, 1.807) is 36.8 Å². The van der Waals surface area contributed by atoms with Crippen molar-refractivity contribution in [2.75, 3.05) is 6.54 Å². The largest absolute Gasteiger partial charge is 0.306 e. The molecular weight excluding hydrogens is 393 g/mol. The van der Waals surface area contributed by atoms with Crippen LogP contribution < -0.4 is 5.56 Å². The third kappa shape index (κ3) is 4.00. The molecule has 0 radical (unpaired) electrons. The van der Waals surface area contributed by atoms with Crippen molar-refractivity contribution in [1.29, 1.82) is 0 Å². The molecule has 0 spiro atoms. The highest BCUT2D eigenvalue weighted by Gasteiger charge is 2.21. The van der Waals surface area contributed by atoms with Crippen molar-refractivity contribution in [2.24, 2.45) is 0 Å². The Morgan fingerprint density at radius 3 is 2.68 bits per heavy atom. The molecule has 0 bridgehead atoms. The first-order valence-electron chi connectivity index (χ1n) is 10.1. The lowest BCUT2D eigenvalue weighted by Crippen LogP contribution is -2.35.